The van der Waals surface area contributed by atoms with Crippen molar-refractivity contribution in [1.82, 2.24) is 4.90 Å². The maximum atomic E-state index is 12.3. The number of imide groups is 1. The molecule has 2 atom stereocenters. The highest BCUT2D eigenvalue weighted by Crippen LogP contribution is 2.37. The van der Waals surface area contributed by atoms with Crippen molar-refractivity contribution in [2.45, 2.75) is 25.7 Å². The number of fused-ring (bicyclic) bond motifs is 1. The Morgan fingerprint density at radius 2 is 1.74 bits per heavy atom. The second kappa shape index (κ2) is 8.27. The Balaban J connectivity index is 1.50. The minimum atomic E-state index is -0.812. The highest BCUT2D eigenvalue weighted by atomic mass is 35.5. The zero-order valence-electron chi connectivity index (χ0n) is 14.4. The normalized spacial score (nSPS) is 21.8. The van der Waals surface area contributed by atoms with Crippen LogP contribution in [0.5, 0.6) is 0 Å². The van der Waals surface area contributed by atoms with Gasteiger partial charge in [-0.2, -0.15) is 0 Å². The summed E-state index contributed by atoms with van der Waals surface area (Å²) in [6, 6.07) is 4.54. The maximum Gasteiger partial charge on any atom is 0.326 e. The van der Waals surface area contributed by atoms with Crippen LogP contribution in [0.4, 0.5) is 5.69 Å². The molecule has 0 radical (unpaired) electrons. The highest BCUT2D eigenvalue weighted by molar-refractivity contribution is 6.36. The number of esters is 1. The van der Waals surface area contributed by atoms with Crippen molar-refractivity contribution in [2.75, 3.05) is 18.5 Å². The number of carbonyl (C=O) groups is 4. The van der Waals surface area contributed by atoms with Gasteiger partial charge < -0.3 is 10.1 Å². The van der Waals surface area contributed by atoms with Gasteiger partial charge in [0.05, 0.1) is 22.5 Å². The van der Waals surface area contributed by atoms with Crippen LogP contribution < -0.4 is 5.32 Å². The number of benzene rings is 1. The molecule has 2 fully saturated rings. The topological polar surface area (TPSA) is 92.8 Å². The lowest BCUT2D eigenvalue weighted by Crippen LogP contribution is -2.37. The van der Waals surface area contributed by atoms with Crippen molar-refractivity contribution in [3.63, 3.8) is 0 Å². The number of hydrogen-bond acceptors (Lipinski definition) is 5. The number of ether oxygens (including phenoxy) is 1. The molecule has 7 nitrogen and oxygen atoms in total. The van der Waals surface area contributed by atoms with Crippen LogP contribution in [0.1, 0.15) is 25.7 Å². The van der Waals surface area contributed by atoms with Crippen molar-refractivity contribution >= 4 is 52.6 Å². The van der Waals surface area contributed by atoms with Gasteiger partial charge >= 0.3 is 5.97 Å². The van der Waals surface area contributed by atoms with Crippen molar-refractivity contribution in [3.05, 3.63) is 28.2 Å². The minimum Gasteiger partial charge on any atom is -0.454 e. The molecule has 1 heterocycles. The first-order valence-electron chi connectivity index (χ1n) is 8.62. The first-order valence-corrected chi connectivity index (χ1v) is 9.38. The third kappa shape index (κ3) is 4.42. The van der Waals surface area contributed by atoms with Gasteiger partial charge in [-0.05, 0) is 31.0 Å². The van der Waals surface area contributed by atoms with E-state index in [9.17, 15) is 19.2 Å². The molecule has 3 rings (SSSR count). The van der Waals surface area contributed by atoms with Gasteiger partial charge in [0.1, 0.15) is 6.54 Å². The molecule has 1 N–H and O–H groups in total. The number of nitrogens with zero attached hydrogens (tertiary/aromatic N) is 1. The van der Waals surface area contributed by atoms with E-state index >= 15 is 0 Å². The second-order valence-electron chi connectivity index (χ2n) is 6.59. The smallest absolute Gasteiger partial charge is 0.326 e. The summed E-state index contributed by atoms with van der Waals surface area (Å²) in [5.74, 6) is -2.70. The zero-order chi connectivity index (χ0) is 19.6. The van der Waals surface area contributed by atoms with Crippen molar-refractivity contribution in [2.24, 2.45) is 11.8 Å². The number of nitrogens with one attached hydrogen (secondary N) is 1. The fraction of sp³-hybridized carbons (Fsp3) is 0.444. The summed E-state index contributed by atoms with van der Waals surface area (Å²) in [6.07, 6.45) is 3.16. The molecule has 0 aromatic heterocycles. The molecule has 1 aliphatic heterocycles. The quantitative estimate of drug-likeness (QED) is 0.592. The molecule has 1 aliphatic carbocycles. The lowest BCUT2D eigenvalue weighted by molar-refractivity contribution is -0.154. The highest BCUT2D eigenvalue weighted by Gasteiger charge is 2.48. The Labute approximate surface area is 165 Å². The standard InChI is InChI=1S/C18H18Cl2N2O5/c19-10-5-6-14(13(20)7-10)21-15(23)9-27-16(24)8-22-17(25)11-3-1-2-4-12(11)18(22)26/h5-7,11-12H,1-4,8-9H2,(H,21,23)/t11-,12-/m0/s1. The van der Waals surface area contributed by atoms with Crippen LogP contribution in [0.25, 0.3) is 0 Å². The Hall–Kier alpha value is -2.12. The Morgan fingerprint density at radius 1 is 1.11 bits per heavy atom. The molecule has 3 amide bonds. The van der Waals surface area contributed by atoms with E-state index in [0.717, 1.165) is 17.7 Å². The van der Waals surface area contributed by atoms with Gasteiger partial charge in [0, 0.05) is 5.02 Å². The monoisotopic (exact) mass is 412 g/mol. The summed E-state index contributed by atoms with van der Waals surface area (Å²) in [6.45, 7) is -1.03. The van der Waals surface area contributed by atoms with E-state index in [-0.39, 0.29) is 28.7 Å². The number of amides is 3. The Bertz CT molecular complexity index is 774. The largest absolute Gasteiger partial charge is 0.454 e. The van der Waals surface area contributed by atoms with E-state index < -0.39 is 25.0 Å². The third-order valence-electron chi connectivity index (χ3n) is 4.79. The van der Waals surface area contributed by atoms with Crippen LogP contribution in [-0.4, -0.2) is 41.7 Å². The molecule has 1 aromatic rings. The number of carbonyl (C=O) groups excluding carboxylic acids is 4. The molecule has 1 saturated heterocycles. The summed E-state index contributed by atoms with van der Waals surface area (Å²) >= 11 is 11.7. The number of anilines is 1. The third-order valence-corrected chi connectivity index (χ3v) is 5.34. The van der Waals surface area contributed by atoms with E-state index in [2.05, 4.69) is 5.32 Å². The number of hydrogen-bond donors (Lipinski definition) is 1. The SMILES string of the molecule is O=C(COC(=O)CN1C(=O)[C@H]2CCCC[C@@H]2C1=O)Nc1ccc(Cl)cc1Cl. The minimum absolute atomic E-state index is 0.248. The van der Waals surface area contributed by atoms with Crippen LogP contribution >= 0.6 is 23.2 Å². The summed E-state index contributed by atoms with van der Waals surface area (Å²) in [5, 5.41) is 3.16. The van der Waals surface area contributed by atoms with Gasteiger partial charge in [-0.15, -0.1) is 0 Å². The van der Waals surface area contributed by atoms with E-state index in [1.807, 2.05) is 0 Å². The zero-order valence-corrected chi connectivity index (χ0v) is 15.9. The van der Waals surface area contributed by atoms with E-state index in [1.54, 1.807) is 6.07 Å². The average Bonchev–Trinajstić information content (AvgIpc) is 2.88. The van der Waals surface area contributed by atoms with E-state index in [1.165, 1.54) is 12.1 Å². The van der Waals surface area contributed by atoms with Gasteiger partial charge in [-0.3, -0.25) is 24.1 Å². The first-order chi connectivity index (χ1) is 12.9. The molecule has 0 spiro atoms. The predicted molar refractivity (Wildman–Crippen MR) is 98.2 cm³/mol. The van der Waals surface area contributed by atoms with Gasteiger partial charge in [0.25, 0.3) is 5.91 Å². The van der Waals surface area contributed by atoms with Crippen LogP contribution in [0, 0.1) is 11.8 Å². The molecule has 9 heteroatoms. The molecule has 27 heavy (non-hydrogen) atoms. The number of rotatable bonds is 5. The van der Waals surface area contributed by atoms with Crippen LogP contribution in [0.2, 0.25) is 10.0 Å². The van der Waals surface area contributed by atoms with Gasteiger partial charge in [0.15, 0.2) is 6.61 Å². The molecule has 144 valence electrons. The lowest BCUT2D eigenvalue weighted by atomic mass is 9.81. The fourth-order valence-corrected chi connectivity index (χ4v) is 3.94. The number of halogens is 2. The molecule has 1 saturated carbocycles. The van der Waals surface area contributed by atoms with Crippen LogP contribution in [-0.2, 0) is 23.9 Å². The Morgan fingerprint density at radius 3 is 2.33 bits per heavy atom. The summed E-state index contributed by atoms with van der Waals surface area (Å²) < 4.78 is 4.89. The van der Waals surface area contributed by atoms with Crippen molar-refractivity contribution < 1.29 is 23.9 Å². The number of likely N-dealkylation sites (tertiary alicyclic amines) is 1. The second-order valence-corrected chi connectivity index (χ2v) is 7.44. The summed E-state index contributed by atoms with van der Waals surface area (Å²) in [5.41, 5.74) is 0.330. The molecule has 2 aliphatic rings. The fourth-order valence-electron chi connectivity index (χ4n) is 3.48. The maximum absolute atomic E-state index is 12.3. The van der Waals surface area contributed by atoms with Crippen LogP contribution in [0.3, 0.4) is 0 Å². The van der Waals surface area contributed by atoms with Crippen molar-refractivity contribution in [1.29, 1.82) is 0 Å². The summed E-state index contributed by atoms with van der Waals surface area (Å²) in [7, 11) is 0. The first kappa shape index (κ1) is 19.6. The molecule has 0 bridgehead atoms. The van der Waals surface area contributed by atoms with E-state index in [0.29, 0.717) is 23.6 Å². The average molecular weight is 413 g/mol. The predicted octanol–water partition coefficient (Wildman–Crippen LogP) is 2.65. The van der Waals surface area contributed by atoms with Gasteiger partial charge in [0.2, 0.25) is 11.8 Å². The molecule has 1 aromatic carbocycles. The van der Waals surface area contributed by atoms with Crippen LogP contribution in [0.15, 0.2) is 18.2 Å². The Kier molecular flexibility index (Phi) is 6.01. The van der Waals surface area contributed by atoms with Gasteiger partial charge in [-0.25, -0.2) is 0 Å². The molecular weight excluding hydrogens is 395 g/mol. The summed E-state index contributed by atoms with van der Waals surface area (Å²) in [4.78, 5) is 49.5. The van der Waals surface area contributed by atoms with Crippen molar-refractivity contribution in [3.8, 4) is 0 Å². The molecular formula is C18H18Cl2N2O5. The van der Waals surface area contributed by atoms with Gasteiger partial charge in [-0.1, -0.05) is 36.0 Å². The van der Waals surface area contributed by atoms with E-state index in [4.69, 9.17) is 27.9 Å². The lowest BCUT2D eigenvalue weighted by Gasteiger charge is -2.19. The molecule has 0 unspecified atom stereocenters.